The predicted octanol–water partition coefficient (Wildman–Crippen LogP) is 4.40. The number of carbonyl (C=O) groups excluding carboxylic acids is 2. The summed E-state index contributed by atoms with van der Waals surface area (Å²) in [6.07, 6.45) is 11.9. The summed E-state index contributed by atoms with van der Waals surface area (Å²) in [4.78, 5) is 23.4. The van der Waals surface area contributed by atoms with Gasteiger partial charge in [0.15, 0.2) is 11.6 Å². The normalized spacial score (nSPS) is 18.8. The van der Waals surface area contributed by atoms with Crippen molar-refractivity contribution in [2.45, 2.75) is 65.7 Å². The maximum atomic E-state index is 11.8. The third-order valence-corrected chi connectivity index (χ3v) is 3.81. The molecule has 0 spiro atoms. The highest BCUT2D eigenvalue weighted by atomic mass is 16.1. The Morgan fingerprint density at radius 3 is 2.37 bits per heavy atom. The monoisotopic (exact) mass is 262 g/mol. The summed E-state index contributed by atoms with van der Waals surface area (Å²) in [6, 6.07) is 0. The van der Waals surface area contributed by atoms with Crippen molar-refractivity contribution < 1.29 is 9.59 Å². The van der Waals surface area contributed by atoms with Gasteiger partial charge >= 0.3 is 0 Å². The molecule has 19 heavy (non-hydrogen) atoms. The van der Waals surface area contributed by atoms with E-state index in [-0.39, 0.29) is 17.5 Å². The highest BCUT2D eigenvalue weighted by Gasteiger charge is 2.24. The molecule has 0 radical (unpaired) electrons. The Kier molecular flexibility index (Phi) is 6.75. The first-order valence-electron chi connectivity index (χ1n) is 7.49. The zero-order chi connectivity index (χ0) is 14.3. The van der Waals surface area contributed by atoms with E-state index in [1.807, 2.05) is 6.08 Å². The number of hydrogen-bond acceptors (Lipinski definition) is 2. The Balaban J connectivity index is 2.64. The van der Waals surface area contributed by atoms with Crippen molar-refractivity contribution in [3.05, 3.63) is 23.3 Å². The summed E-state index contributed by atoms with van der Waals surface area (Å²) >= 11 is 0. The van der Waals surface area contributed by atoms with Crippen LogP contribution in [-0.4, -0.2) is 11.6 Å². The molecule has 1 atom stereocenters. The predicted molar refractivity (Wildman–Crippen MR) is 79.0 cm³/mol. The van der Waals surface area contributed by atoms with Crippen LogP contribution in [0.5, 0.6) is 0 Å². The van der Waals surface area contributed by atoms with Gasteiger partial charge in [-0.2, -0.15) is 0 Å². The van der Waals surface area contributed by atoms with Crippen LogP contribution in [-0.2, 0) is 9.59 Å². The van der Waals surface area contributed by atoms with Crippen LogP contribution in [0.1, 0.15) is 65.7 Å². The van der Waals surface area contributed by atoms with Gasteiger partial charge in [-0.05, 0) is 26.7 Å². The Hall–Kier alpha value is -1.18. The van der Waals surface area contributed by atoms with Crippen LogP contribution in [0, 0.1) is 5.92 Å². The SMILES string of the molecule is CCCCCCCC1C=CCC(C(C)=O)=C1C(C)=O. The molecule has 0 aromatic heterocycles. The summed E-state index contributed by atoms with van der Waals surface area (Å²) in [7, 11) is 0. The van der Waals surface area contributed by atoms with E-state index in [2.05, 4.69) is 13.0 Å². The average Bonchev–Trinajstić information content (AvgIpc) is 2.37. The van der Waals surface area contributed by atoms with Gasteiger partial charge in [0.25, 0.3) is 0 Å². The van der Waals surface area contributed by atoms with Gasteiger partial charge in [0.2, 0.25) is 0 Å². The molecule has 2 heteroatoms. The van der Waals surface area contributed by atoms with E-state index < -0.39 is 0 Å². The van der Waals surface area contributed by atoms with Crippen molar-refractivity contribution in [1.82, 2.24) is 0 Å². The molecular formula is C17H26O2. The fraction of sp³-hybridized carbons (Fsp3) is 0.647. The van der Waals surface area contributed by atoms with Crippen molar-refractivity contribution in [2.75, 3.05) is 0 Å². The molecule has 0 N–H and O–H groups in total. The van der Waals surface area contributed by atoms with Crippen molar-refractivity contribution in [3.63, 3.8) is 0 Å². The molecule has 2 nitrogen and oxygen atoms in total. The molecule has 106 valence electrons. The van der Waals surface area contributed by atoms with Gasteiger partial charge in [-0.25, -0.2) is 0 Å². The molecule has 1 aliphatic rings. The lowest BCUT2D eigenvalue weighted by Gasteiger charge is -2.22. The number of allylic oxidation sites excluding steroid dienone is 4. The fourth-order valence-corrected chi connectivity index (χ4v) is 2.80. The van der Waals surface area contributed by atoms with Gasteiger partial charge in [0.1, 0.15) is 0 Å². The third kappa shape index (κ3) is 4.77. The Labute approximate surface area is 117 Å². The number of rotatable bonds is 8. The maximum Gasteiger partial charge on any atom is 0.156 e. The highest BCUT2D eigenvalue weighted by molar-refractivity contribution is 6.05. The molecule has 0 aromatic carbocycles. The number of unbranched alkanes of at least 4 members (excludes halogenated alkanes) is 4. The lowest BCUT2D eigenvalue weighted by atomic mass is 9.81. The molecular weight excluding hydrogens is 236 g/mol. The van der Waals surface area contributed by atoms with Crippen LogP contribution in [0.3, 0.4) is 0 Å². The summed E-state index contributed by atoms with van der Waals surface area (Å²) in [6.45, 7) is 5.36. The second-order valence-corrected chi connectivity index (χ2v) is 5.45. The molecule has 1 rings (SSSR count). The zero-order valence-electron chi connectivity index (χ0n) is 12.5. The minimum Gasteiger partial charge on any atom is -0.295 e. The minimum atomic E-state index is 0.0468. The first-order valence-corrected chi connectivity index (χ1v) is 7.49. The van der Waals surface area contributed by atoms with E-state index in [0.29, 0.717) is 6.42 Å². The molecule has 0 amide bonds. The summed E-state index contributed by atoms with van der Waals surface area (Å²) < 4.78 is 0. The van der Waals surface area contributed by atoms with Crippen molar-refractivity contribution >= 4 is 11.6 Å². The van der Waals surface area contributed by atoms with Gasteiger partial charge in [0, 0.05) is 17.1 Å². The van der Waals surface area contributed by atoms with Crippen LogP contribution < -0.4 is 0 Å². The highest BCUT2D eigenvalue weighted by Crippen LogP contribution is 2.30. The maximum absolute atomic E-state index is 11.8. The van der Waals surface area contributed by atoms with Crippen LogP contribution in [0.25, 0.3) is 0 Å². The smallest absolute Gasteiger partial charge is 0.156 e. The second kappa shape index (κ2) is 8.08. The van der Waals surface area contributed by atoms with E-state index >= 15 is 0 Å². The number of ketones is 2. The molecule has 0 saturated carbocycles. The van der Waals surface area contributed by atoms with Gasteiger partial charge in [0.05, 0.1) is 0 Å². The summed E-state index contributed by atoms with van der Waals surface area (Å²) in [5.74, 6) is 0.269. The van der Waals surface area contributed by atoms with Gasteiger partial charge in [-0.15, -0.1) is 0 Å². The molecule has 1 unspecified atom stereocenters. The van der Waals surface area contributed by atoms with E-state index in [9.17, 15) is 9.59 Å². The van der Waals surface area contributed by atoms with E-state index in [4.69, 9.17) is 0 Å². The first kappa shape index (κ1) is 15.9. The first-order chi connectivity index (χ1) is 9.07. The molecule has 0 heterocycles. The van der Waals surface area contributed by atoms with Gasteiger partial charge in [-0.1, -0.05) is 51.2 Å². The largest absolute Gasteiger partial charge is 0.295 e. The van der Waals surface area contributed by atoms with Crippen LogP contribution in [0.15, 0.2) is 23.3 Å². The number of Topliss-reactive ketones (excluding diaryl/α,β-unsaturated/α-hetero) is 2. The minimum absolute atomic E-state index is 0.0468. The molecule has 0 bridgehead atoms. The van der Waals surface area contributed by atoms with Crippen LogP contribution in [0.4, 0.5) is 0 Å². The van der Waals surface area contributed by atoms with Gasteiger partial charge < -0.3 is 0 Å². The summed E-state index contributed by atoms with van der Waals surface area (Å²) in [5, 5.41) is 0. The van der Waals surface area contributed by atoms with Crippen LogP contribution >= 0.6 is 0 Å². The lowest BCUT2D eigenvalue weighted by Crippen LogP contribution is -2.18. The summed E-state index contributed by atoms with van der Waals surface area (Å²) in [5.41, 5.74) is 1.50. The average molecular weight is 262 g/mol. The lowest BCUT2D eigenvalue weighted by molar-refractivity contribution is -0.116. The van der Waals surface area contributed by atoms with E-state index in [1.54, 1.807) is 13.8 Å². The number of carbonyl (C=O) groups is 2. The van der Waals surface area contributed by atoms with E-state index in [1.165, 1.54) is 25.7 Å². The number of hydrogen-bond donors (Lipinski definition) is 0. The van der Waals surface area contributed by atoms with Gasteiger partial charge in [-0.3, -0.25) is 9.59 Å². The molecule has 1 aliphatic carbocycles. The third-order valence-electron chi connectivity index (χ3n) is 3.81. The molecule has 0 aliphatic heterocycles. The van der Waals surface area contributed by atoms with Crippen LogP contribution in [0.2, 0.25) is 0 Å². The van der Waals surface area contributed by atoms with Crippen molar-refractivity contribution in [2.24, 2.45) is 5.92 Å². The Bertz CT molecular complexity index is 388. The quantitative estimate of drug-likeness (QED) is 0.480. The molecule has 0 saturated heterocycles. The van der Waals surface area contributed by atoms with E-state index in [0.717, 1.165) is 24.0 Å². The zero-order valence-corrected chi connectivity index (χ0v) is 12.5. The fourth-order valence-electron chi connectivity index (χ4n) is 2.80. The Morgan fingerprint density at radius 1 is 1.11 bits per heavy atom. The van der Waals surface area contributed by atoms with Crippen molar-refractivity contribution in [1.29, 1.82) is 0 Å². The topological polar surface area (TPSA) is 34.1 Å². The molecule has 0 aromatic rings. The standard InChI is InChI=1S/C17H26O2/c1-4-5-6-7-8-10-15-11-9-12-16(13(2)18)17(15)14(3)19/h9,11,15H,4-8,10,12H2,1-3H3. The van der Waals surface area contributed by atoms with Crippen molar-refractivity contribution in [3.8, 4) is 0 Å². The second-order valence-electron chi connectivity index (χ2n) is 5.45. The molecule has 0 fully saturated rings. The Morgan fingerprint density at radius 2 is 1.79 bits per heavy atom.